The van der Waals surface area contributed by atoms with Gasteiger partial charge in [0, 0.05) is 16.1 Å². The summed E-state index contributed by atoms with van der Waals surface area (Å²) in [5, 5.41) is 6.55. The molecule has 2 heterocycles. The van der Waals surface area contributed by atoms with Gasteiger partial charge in [0.05, 0.1) is 10.4 Å². The molecule has 0 fully saturated rings. The van der Waals surface area contributed by atoms with Crippen LogP contribution in [0, 0.1) is 0 Å². The summed E-state index contributed by atoms with van der Waals surface area (Å²) in [7, 11) is 0. The van der Waals surface area contributed by atoms with Crippen molar-refractivity contribution in [3.8, 4) is 22.2 Å². The minimum absolute atomic E-state index is 0.122. The summed E-state index contributed by atoms with van der Waals surface area (Å²) in [5.74, 6) is 0.711. The molecular weight excluding hydrogens is 356 g/mol. The summed E-state index contributed by atoms with van der Waals surface area (Å²) in [6.45, 7) is 0. The van der Waals surface area contributed by atoms with Crippen molar-refractivity contribution in [3.63, 3.8) is 0 Å². The van der Waals surface area contributed by atoms with Crippen LogP contribution in [0.3, 0.4) is 0 Å². The first-order chi connectivity index (χ1) is 12.2. The molecule has 0 radical (unpaired) electrons. The quantitative estimate of drug-likeness (QED) is 0.457. The first kappa shape index (κ1) is 15.7. The van der Waals surface area contributed by atoms with Crippen molar-refractivity contribution in [1.29, 1.82) is 0 Å². The maximum Gasteiger partial charge on any atom is 0.259 e. The van der Waals surface area contributed by atoms with Crippen LogP contribution in [-0.4, -0.2) is 15.9 Å². The number of thiophene rings is 1. The van der Waals surface area contributed by atoms with Gasteiger partial charge in [-0.1, -0.05) is 41.0 Å². The Morgan fingerprint density at radius 2 is 1.80 bits per heavy atom. The summed E-state index contributed by atoms with van der Waals surface area (Å²) >= 11 is 7.43. The van der Waals surface area contributed by atoms with Crippen LogP contribution >= 0.6 is 22.9 Å². The zero-order valence-electron chi connectivity index (χ0n) is 12.8. The van der Waals surface area contributed by atoms with Crippen LogP contribution in [0.15, 0.2) is 70.6 Å². The van der Waals surface area contributed by atoms with Gasteiger partial charge >= 0.3 is 0 Å². The zero-order chi connectivity index (χ0) is 17.2. The average molecular weight is 367 g/mol. The van der Waals surface area contributed by atoms with E-state index in [2.05, 4.69) is 10.1 Å². The van der Waals surface area contributed by atoms with Crippen molar-refractivity contribution < 1.29 is 9.32 Å². The number of carbonyl (C=O) groups excluding carboxylic acids is 1. The van der Waals surface area contributed by atoms with Gasteiger partial charge in [0.1, 0.15) is 0 Å². The lowest BCUT2D eigenvalue weighted by Crippen LogP contribution is -2.03. The van der Waals surface area contributed by atoms with Crippen LogP contribution < -0.4 is 0 Å². The Bertz CT molecular complexity index is 1020. The summed E-state index contributed by atoms with van der Waals surface area (Å²) in [6, 6.07) is 17.8. The third kappa shape index (κ3) is 3.12. The maximum atomic E-state index is 12.9. The van der Waals surface area contributed by atoms with Crippen LogP contribution in [-0.2, 0) is 0 Å². The summed E-state index contributed by atoms with van der Waals surface area (Å²) in [5.41, 5.74) is 1.67. The highest BCUT2D eigenvalue weighted by atomic mass is 35.5. The van der Waals surface area contributed by atoms with E-state index >= 15 is 0 Å². The third-order valence-corrected chi connectivity index (χ3v) is 4.79. The van der Waals surface area contributed by atoms with Gasteiger partial charge in [0.25, 0.3) is 5.89 Å². The highest BCUT2D eigenvalue weighted by Gasteiger charge is 2.19. The Balaban J connectivity index is 1.74. The van der Waals surface area contributed by atoms with E-state index in [4.69, 9.17) is 16.1 Å². The molecule has 4 rings (SSSR count). The molecule has 0 spiro atoms. The molecule has 0 amide bonds. The van der Waals surface area contributed by atoms with E-state index in [1.54, 1.807) is 36.4 Å². The fourth-order valence-electron chi connectivity index (χ4n) is 2.46. The van der Waals surface area contributed by atoms with Crippen LogP contribution in [0.25, 0.3) is 22.2 Å². The highest BCUT2D eigenvalue weighted by molar-refractivity contribution is 7.13. The lowest BCUT2D eigenvalue weighted by molar-refractivity contribution is 0.103. The van der Waals surface area contributed by atoms with E-state index in [9.17, 15) is 4.79 Å². The van der Waals surface area contributed by atoms with Gasteiger partial charge in [0.2, 0.25) is 5.82 Å². The Kier molecular flexibility index (Phi) is 4.17. The molecule has 0 saturated heterocycles. The van der Waals surface area contributed by atoms with E-state index in [-0.39, 0.29) is 5.78 Å². The molecule has 0 saturated carbocycles. The summed E-state index contributed by atoms with van der Waals surface area (Å²) in [6.07, 6.45) is 0. The second-order valence-corrected chi connectivity index (χ2v) is 6.67. The van der Waals surface area contributed by atoms with Crippen molar-refractivity contribution >= 4 is 28.7 Å². The zero-order valence-corrected chi connectivity index (χ0v) is 14.4. The van der Waals surface area contributed by atoms with Gasteiger partial charge in [-0.25, -0.2) is 0 Å². The molecule has 122 valence electrons. The predicted molar refractivity (Wildman–Crippen MR) is 97.9 cm³/mol. The summed E-state index contributed by atoms with van der Waals surface area (Å²) in [4.78, 5) is 18.2. The minimum atomic E-state index is -0.122. The number of nitrogens with zero attached hydrogens (tertiary/aromatic N) is 2. The van der Waals surface area contributed by atoms with Crippen molar-refractivity contribution in [2.24, 2.45) is 0 Å². The van der Waals surface area contributed by atoms with Crippen LogP contribution in [0.2, 0.25) is 5.02 Å². The number of aromatic nitrogens is 2. The molecule has 0 aliphatic carbocycles. The molecule has 0 N–H and O–H groups in total. The highest BCUT2D eigenvalue weighted by Crippen LogP contribution is 2.28. The molecule has 0 aliphatic heterocycles. The molecule has 4 aromatic rings. The monoisotopic (exact) mass is 366 g/mol. The molecule has 0 unspecified atom stereocenters. The number of ketones is 1. The average Bonchev–Trinajstić information content (AvgIpc) is 3.33. The maximum absolute atomic E-state index is 12.9. The fraction of sp³-hybridized carbons (Fsp3) is 0. The molecular formula is C19H11ClN2O2S. The minimum Gasteiger partial charge on any atom is -0.334 e. The number of benzene rings is 2. The first-order valence-electron chi connectivity index (χ1n) is 7.49. The molecule has 2 aromatic carbocycles. The van der Waals surface area contributed by atoms with Gasteiger partial charge in [0.15, 0.2) is 5.78 Å². The van der Waals surface area contributed by atoms with E-state index in [1.807, 2.05) is 29.6 Å². The number of hydrogen-bond acceptors (Lipinski definition) is 5. The summed E-state index contributed by atoms with van der Waals surface area (Å²) < 4.78 is 5.39. The van der Waals surface area contributed by atoms with Crippen molar-refractivity contribution in [3.05, 3.63) is 82.2 Å². The largest absolute Gasteiger partial charge is 0.334 e. The molecule has 2 aromatic heterocycles. The molecule has 25 heavy (non-hydrogen) atoms. The van der Waals surface area contributed by atoms with Gasteiger partial charge in [-0.3, -0.25) is 4.79 Å². The second-order valence-electron chi connectivity index (χ2n) is 5.28. The van der Waals surface area contributed by atoms with Crippen LogP contribution in [0.4, 0.5) is 0 Å². The van der Waals surface area contributed by atoms with Crippen LogP contribution in [0.5, 0.6) is 0 Å². The normalized spacial score (nSPS) is 10.8. The third-order valence-electron chi connectivity index (χ3n) is 3.68. The Labute approximate surface area is 152 Å². The van der Waals surface area contributed by atoms with Gasteiger partial charge in [-0.05, 0) is 41.8 Å². The first-order valence-corrected chi connectivity index (χ1v) is 8.75. The Hall–Kier alpha value is -2.76. The molecule has 4 nitrogen and oxygen atoms in total. The Morgan fingerprint density at radius 3 is 2.56 bits per heavy atom. The lowest BCUT2D eigenvalue weighted by Gasteiger charge is -2.05. The number of hydrogen-bond donors (Lipinski definition) is 0. The van der Waals surface area contributed by atoms with E-state index in [1.165, 1.54) is 11.3 Å². The van der Waals surface area contributed by atoms with Gasteiger partial charge in [-0.15, -0.1) is 11.3 Å². The van der Waals surface area contributed by atoms with Crippen molar-refractivity contribution in [2.45, 2.75) is 0 Å². The molecule has 6 heteroatoms. The topological polar surface area (TPSA) is 56.0 Å². The second kappa shape index (κ2) is 6.63. The van der Waals surface area contributed by atoms with E-state index < -0.39 is 0 Å². The van der Waals surface area contributed by atoms with Crippen molar-refractivity contribution in [1.82, 2.24) is 10.1 Å². The van der Waals surface area contributed by atoms with E-state index in [0.29, 0.717) is 33.4 Å². The van der Waals surface area contributed by atoms with Gasteiger partial charge in [-0.2, -0.15) is 4.98 Å². The van der Waals surface area contributed by atoms with Gasteiger partial charge < -0.3 is 4.52 Å². The van der Waals surface area contributed by atoms with Crippen molar-refractivity contribution in [2.75, 3.05) is 0 Å². The number of carbonyl (C=O) groups is 1. The molecule has 0 bridgehead atoms. The SMILES string of the molecule is O=C(c1ccc(Cl)cc1)c1ccccc1-c1nc(-c2cccs2)no1. The Morgan fingerprint density at radius 1 is 1.00 bits per heavy atom. The fourth-order valence-corrected chi connectivity index (χ4v) is 3.24. The number of halogens is 1. The standard InChI is InChI=1S/C19H11ClN2O2S/c20-13-9-7-12(8-10-13)17(23)14-4-1-2-5-15(14)19-21-18(22-24-19)16-6-3-11-25-16/h1-11H. The molecule has 0 aliphatic rings. The van der Waals surface area contributed by atoms with E-state index in [0.717, 1.165) is 4.88 Å². The smallest absolute Gasteiger partial charge is 0.259 e. The lowest BCUT2D eigenvalue weighted by atomic mass is 9.98. The number of rotatable bonds is 4. The molecule has 0 atom stereocenters. The predicted octanol–water partition coefficient (Wildman–Crippen LogP) is 5.35. The van der Waals surface area contributed by atoms with Crippen LogP contribution in [0.1, 0.15) is 15.9 Å².